The van der Waals surface area contributed by atoms with E-state index in [9.17, 15) is 18.0 Å². The molecule has 2 saturated heterocycles. The molecule has 0 bridgehead atoms. The number of anilines is 1. The van der Waals surface area contributed by atoms with Crippen molar-refractivity contribution in [3.05, 3.63) is 17.7 Å². The Balaban J connectivity index is 1.56. The van der Waals surface area contributed by atoms with Gasteiger partial charge in [-0.2, -0.15) is 4.31 Å². The lowest BCUT2D eigenvalue weighted by atomic mass is 9.98. The van der Waals surface area contributed by atoms with Gasteiger partial charge in [0, 0.05) is 32.2 Å². The molecule has 10 heteroatoms. The van der Waals surface area contributed by atoms with Crippen molar-refractivity contribution in [3.63, 3.8) is 0 Å². The van der Waals surface area contributed by atoms with E-state index >= 15 is 0 Å². The van der Waals surface area contributed by atoms with Crippen LogP contribution in [0.5, 0.6) is 5.75 Å². The van der Waals surface area contributed by atoms with Crippen LogP contribution >= 0.6 is 0 Å². The van der Waals surface area contributed by atoms with E-state index in [2.05, 4.69) is 5.32 Å². The number of nitrogens with one attached hydrogen (secondary N) is 1. The standard InChI is InChI=1S/C21H29N3O6S/c1-3-17-20(25)22-16-11-14(2)19(12-18(16)30-17)31(27,28)24-6-4-5-15(13-24)21(26)23-7-9-29-10-8-23/h11-12,15,17H,3-10,13H2,1-2H3,(H,22,25). The molecule has 2 fully saturated rings. The molecule has 0 aliphatic carbocycles. The molecule has 2 unspecified atom stereocenters. The quantitative estimate of drug-likeness (QED) is 0.741. The summed E-state index contributed by atoms with van der Waals surface area (Å²) in [6.07, 6.45) is 1.16. The van der Waals surface area contributed by atoms with Crippen LogP contribution in [0.25, 0.3) is 0 Å². The molecule has 170 valence electrons. The molecule has 9 nitrogen and oxygen atoms in total. The van der Waals surface area contributed by atoms with Crippen LogP contribution in [-0.4, -0.2) is 74.9 Å². The van der Waals surface area contributed by atoms with Crippen LogP contribution in [0.1, 0.15) is 31.7 Å². The number of nitrogens with zero attached hydrogens (tertiary/aromatic N) is 2. The topological polar surface area (TPSA) is 105 Å². The first-order valence-corrected chi connectivity index (χ1v) is 12.2. The van der Waals surface area contributed by atoms with Gasteiger partial charge in [-0.1, -0.05) is 6.92 Å². The molecule has 0 aromatic heterocycles. The van der Waals surface area contributed by atoms with E-state index in [0.29, 0.717) is 69.1 Å². The first-order chi connectivity index (χ1) is 14.8. The summed E-state index contributed by atoms with van der Waals surface area (Å²) >= 11 is 0. The minimum atomic E-state index is -3.82. The summed E-state index contributed by atoms with van der Waals surface area (Å²) in [6.45, 7) is 6.21. The zero-order chi connectivity index (χ0) is 22.2. The molecular formula is C21H29N3O6S. The van der Waals surface area contributed by atoms with Gasteiger partial charge in [0.15, 0.2) is 6.10 Å². The van der Waals surface area contributed by atoms with E-state index in [-0.39, 0.29) is 29.2 Å². The number of hydrogen-bond acceptors (Lipinski definition) is 6. The smallest absolute Gasteiger partial charge is 0.265 e. The Bertz CT molecular complexity index is 974. The average molecular weight is 452 g/mol. The Morgan fingerprint density at radius 3 is 2.68 bits per heavy atom. The highest BCUT2D eigenvalue weighted by atomic mass is 32.2. The number of fused-ring (bicyclic) bond motifs is 1. The number of benzene rings is 1. The van der Waals surface area contributed by atoms with Gasteiger partial charge in [-0.15, -0.1) is 0 Å². The Hall–Kier alpha value is -2.17. The summed E-state index contributed by atoms with van der Waals surface area (Å²) in [4.78, 5) is 26.9. The molecule has 4 rings (SSSR count). The van der Waals surface area contributed by atoms with Crippen molar-refractivity contribution in [3.8, 4) is 5.75 Å². The number of morpholine rings is 1. The second-order valence-corrected chi connectivity index (χ2v) is 10.2. The van der Waals surface area contributed by atoms with Crippen LogP contribution in [0, 0.1) is 12.8 Å². The number of aryl methyl sites for hydroxylation is 1. The lowest BCUT2D eigenvalue weighted by Gasteiger charge is -2.36. The molecular weight excluding hydrogens is 422 g/mol. The molecule has 1 aromatic carbocycles. The highest BCUT2D eigenvalue weighted by Crippen LogP contribution is 2.36. The van der Waals surface area contributed by atoms with E-state index in [1.807, 2.05) is 6.92 Å². The van der Waals surface area contributed by atoms with Crippen LogP contribution in [0.4, 0.5) is 5.69 Å². The molecule has 1 aromatic rings. The second kappa shape index (κ2) is 8.76. The second-order valence-electron chi connectivity index (χ2n) is 8.26. The molecule has 2 amide bonds. The lowest BCUT2D eigenvalue weighted by Crippen LogP contribution is -2.49. The zero-order valence-corrected chi connectivity index (χ0v) is 18.7. The SMILES string of the molecule is CCC1Oc2cc(S(=O)(=O)N3CCCC(C(=O)N4CCOCC4)C3)c(C)cc2NC1=O. The van der Waals surface area contributed by atoms with Crippen molar-refractivity contribution in [1.29, 1.82) is 0 Å². The van der Waals surface area contributed by atoms with Crippen LogP contribution in [0.3, 0.4) is 0 Å². The number of hydrogen-bond donors (Lipinski definition) is 1. The van der Waals surface area contributed by atoms with Crippen molar-refractivity contribution >= 4 is 27.5 Å². The fraction of sp³-hybridized carbons (Fsp3) is 0.619. The summed E-state index contributed by atoms with van der Waals surface area (Å²) < 4.78 is 39.4. The molecule has 0 spiro atoms. The zero-order valence-electron chi connectivity index (χ0n) is 17.9. The van der Waals surface area contributed by atoms with Gasteiger partial charge in [-0.3, -0.25) is 9.59 Å². The summed E-state index contributed by atoms with van der Waals surface area (Å²) in [6, 6.07) is 3.13. The summed E-state index contributed by atoms with van der Waals surface area (Å²) in [7, 11) is -3.82. The molecule has 31 heavy (non-hydrogen) atoms. The monoisotopic (exact) mass is 451 g/mol. The Kier molecular flexibility index (Phi) is 6.23. The number of amides is 2. The number of carbonyl (C=O) groups is 2. The molecule has 2 atom stereocenters. The number of ether oxygens (including phenoxy) is 2. The normalized spacial score (nSPS) is 24.8. The molecule has 0 saturated carbocycles. The average Bonchev–Trinajstić information content (AvgIpc) is 2.78. The highest BCUT2D eigenvalue weighted by molar-refractivity contribution is 7.89. The van der Waals surface area contributed by atoms with Crippen LogP contribution in [-0.2, 0) is 24.3 Å². The first-order valence-electron chi connectivity index (χ1n) is 10.8. The Labute approximate surface area is 182 Å². The Morgan fingerprint density at radius 2 is 1.97 bits per heavy atom. The van der Waals surface area contributed by atoms with E-state index < -0.39 is 16.1 Å². The van der Waals surface area contributed by atoms with Gasteiger partial charge in [0.1, 0.15) is 5.75 Å². The fourth-order valence-electron chi connectivity index (χ4n) is 4.37. The maximum atomic E-state index is 13.5. The maximum absolute atomic E-state index is 13.5. The van der Waals surface area contributed by atoms with Crippen molar-refractivity contribution in [1.82, 2.24) is 9.21 Å². The molecule has 1 N–H and O–H groups in total. The molecule has 3 aliphatic heterocycles. The van der Waals surface area contributed by atoms with Gasteiger partial charge in [0.2, 0.25) is 15.9 Å². The van der Waals surface area contributed by atoms with Gasteiger partial charge >= 0.3 is 0 Å². The lowest BCUT2D eigenvalue weighted by molar-refractivity contribution is -0.140. The van der Waals surface area contributed by atoms with Crippen molar-refractivity contribution < 1.29 is 27.5 Å². The van der Waals surface area contributed by atoms with Crippen molar-refractivity contribution in [2.75, 3.05) is 44.7 Å². The number of carbonyl (C=O) groups excluding carboxylic acids is 2. The Morgan fingerprint density at radius 1 is 1.23 bits per heavy atom. The van der Waals surface area contributed by atoms with Gasteiger partial charge in [-0.25, -0.2) is 8.42 Å². The maximum Gasteiger partial charge on any atom is 0.265 e. The van der Waals surface area contributed by atoms with Crippen molar-refractivity contribution in [2.45, 2.75) is 44.1 Å². The summed E-state index contributed by atoms with van der Waals surface area (Å²) in [5.74, 6) is -0.221. The van der Waals surface area contributed by atoms with E-state index in [1.54, 1.807) is 17.9 Å². The van der Waals surface area contributed by atoms with Crippen LogP contribution < -0.4 is 10.1 Å². The minimum absolute atomic E-state index is 0.00203. The third kappa shape index (κ3) is 4.28. The van der Waals surface area contributed by atoms with Gasteiger partial charge in [0.25, 0.3) is 5.91 Å². The van der Waals surface area contributed by atoms with E-state index in [0.717, 1.165) is 0 Å². The number of rotatable bonds is 4. The highest BCUT2D eigenvalue weighted by Gasteiger charge is 2.37. The predicted molar refractivity (Wildman–Crippen MR) is 113 cm³/mol. The molecule has 3 aliphatic rings. The van der Waals surface area contributed by atoms with Gasteiger partial charge < -0.3 is 19.7 Å². The first kappa shape index (κ1) is 22.0. The van der Waals surface area contributed by atoms with Crippen LogP contribution in [0.15, 0.2) is 17.0 Å². The summed E-state index contributed by atoms with van der Waals surface area (Å²) in [5, 5.41) is 2.79. The fourth-order valence-corrected chi connectivity index (χ4v) is 6.12. The van der Waals surface area contributed by atoms with E-state index in [4.69, 9.17) is 9.47 Å². The van der Waals surface area contributed by atoms with E-state index in [1.165, 1.54) is 10.4 Å². The minimum Gasteiger partial charge on any atom is -0.478 e. The van der Waals surface area contributed by atoms with Gasteiger partial charge in [-0.05, 0) is 37.8 Å². The molecule has 0 radical (unpaired) electrons. The van der Waals surface area contributed by atoms with Crippen LogP contribution in [0.2, 0.25) is 0 Å². The predicted octanol–water partition coefficient (Wildman–Crippen LogP) is 1.36. The summed E-state index contributed by atoms with van der Waals surface area (Å²) in [5.41, 5.74) is 1.00. The number of piperidine rings is 1. The largest absolute Gasteiger partial charge is 0.478 e. The third-order valence-corrected chi connectivity index (χ3v) is 8.15. The van der Waals surface area contributed by atoms with Gasteiger partial charge in [0.05, 0.1) is 29.7 Å². The molecule has 3 heterocycles. The third-order valence-electron chi connectivity index (χ3n) is 6.14. The van der Waals surface area contributed by atoms with Crippen molar-refractivity contribution in [2.24, 2.45) is 5.92 Å². The number of sulfonamides is 1.